The summed E-state index contributed by atoms with van der Waals surface area (Å²) in [5.41, 5.74) is 6.34. The van der Waals surface area contributed by atoms with Gasteiger partial charge in [0.25, 0.3) is 11.8 Å². The van der Waals surface area contributed by atoms with Gasteiger partial charge in [-0.3, -0.25) is 9.48 Å². The number of carbonyl (C=O) groups excluding carboxylic acids is 2. The quantitative estimate of drug-likeness (QED) is 0.703. The maximum Gasteiger partial charge on any atom is 0.318 e. The Morgan fingerprint density at radius 3 is 2.52 bits per heavy atom. The SMILES string of the molecule is CCC1(NC(=O)N2CCn3nc(-c4ccc(Cl)c(Cl)c4)c(C(N)=O)c3C2)CC(F)(F)C1. The maximum atomic E-state index is 13.4. The largest absolute Gasteiger partial charge is 0.365 e. The minimum atomic E-state index is -2.75. The Hall–Kier alpha value is -2.39. The van der Waals surface area contributed by atoms with Crippen LogP contribution in [0.2, 0.25) is 10.0 Å². The molecule has 11 heteroatoms. The Morgan fingerprint density at radius 1 is 1.23 bits per heavy atom. The summed E-state index contributed by atoms with van der Waals surface area (Å²) in [4.78, 5) is 26.6. The molecule has 2 aliphatic rings. The molecule has 3 N–H and O–H groups in total. The van der Waals surface area contributed by atoms with Gasteiger partial charge in [-0.05, 0) is 18.6 Å². The van der Waals surface area contributed by atoms with E-state index in [1.54, 1.807) is 29.8 Å². The van der Waals surface area contributed by atoms with Gasteiger partial charge in [0.15, 0.2) is 0 Å². The molecule has 3 amide bonds. The van der Waals surface area contributed by atoms with Gasteiger partial charge in [-0.25, -0.2) is 13.6 Å². The second-order valence-corrected chi connectivity index (χ2v) is 8.90. The van der Waals surface area contributed by atoms with Crippen LogP contribution in [0.1, 0.15) is 42.2 Å². The molecule has 2 aromatic rings. The Morgan fingerprint density at radius 2 is 1.94 bits per heavy atom. The van der Waals surface area contributed by atoms with Crippen LogP contribution < -0.4 is 11.1 Å². The molecule has 0 bridgehead atoms. The lowest BCUT2D eigenvalue weighted by Gasteiger charge is -2.48. The first-order chi connectivity index (χ1) is 14.5. The molecule has 31 heavy (non-hydrogen) atoms. The summed E-state index contributed by atoms with van der Waals surface area (Å²) in [6.07, 6.45) is -0.335. The number of rotatable bonds is 4. The molecular formula is C20H21Cl2F2N5O2. The average Bonchev–Trinajstić information content (AvgIpc) is 3.07. The molecule has 0 spiro atoms. The number of nitrogens with two attached hydrogens (primary N) is 1. The molecule has 0 radical (unpaired) electrons. The highest BCUT2D eigenvalue weighted by molar-refractivity contribution is 6.42. The zero-order valence-corrected chi connectivity index (χ0v) is 18.2. The molecule has 0 atom stereocenters. The van der Waals surface area contributed by atoms with Gasteiger partial charge in [-0.15, -0.1) is 0 Å². The Kier molecular flexibility index (Phi) is 5.37. The van der Waals surface area contributed by atoms with Gasteiger partial charge >= 0.3 is 6.03 Å². The second-order valence-electron chi connectivity index (χ2n) is 8.08. The number of aromatic nitrogens is 2. The van der Waals surface area contributed by atoms with Crippen LogP contribution in [0.5, 0.6) is 0 Å². The Labute approximate surface area is 187 Å². The lowest BCUT2D eigenvalue weighted by molar-refractivity contribution is -0.131. The van der Waals surface area contributed by atoms with Crippen LogP contribution in [-0.4, -0.2) is 44.6 Å². The number of alkyl halides is 2. The summed E-state index contributed by atoms with van der Waals surface area (Å²) in [6, 6.07) is 4.43. The fraction of sp³-hybridized carbons (Fsp3) is 0.450. The summed E-state index contributed by atoms with van der Waals surface area (Å²) in [5, 5.41) is 7.94. The molecule has 1 fully saturated rings. The van der Waals surface area contributed by atoms with Crippen molar-refractivity contribution >= 4 is 35.1 Å². The van der Waals surface area contributed by atoms with Gasteiger partial charge in [0.05, 0.1) is 39.9 Å². The normalized spacial score (nSPS) is 18.8. The molecule has 4 rings (SSSR count). The molecule has 0 saturated heterocycles. The number of halogens is 4. The van der Waals surface area contributed by atoms with E-state index in [1.165, 1.54) is 4.90 Å². The van der Waals surface area contributed by atoms with Crippen molar-refractivity contribution in [3.8, 4) is 11.3 Å². The molecule has 1 aromatic heterocycles. The van der Waals surface area contributed by atoms with Crippen LogP contribution in [0.3, 0.4) is 0 Å². The zero-order chi connectivity index (χ0) is 22.6. The summed E-state index contributed by atoms with van der Waals surface area (Å²) in [5.74, 6) is -3.44. The predicted octanol–water partition coefficient (Wildman–Crippen LogP) is 4.06. The zero-order valence-electron chi connectivity index (χ0n) is 16.7. The number of fused-ring (bicyclic) bond motifs is 1. The third-order valence-electron chi connectivity index (χ3n) is 5.95. The Bertz CT molecular complexity index is 1060. The van der Waals surface area contributed by atoms with Gasteiger partial charge in [0.1, 0.15) is 5.69 Å². The summed E-state index contributed by atoms with van der Waals surface area (Å²) < 4.78 is 28.5. The van der Waals surface area contributed by atoms with Crippen molar-refractivity contribution in [2.45, 2.75) is 50.7 Å². The van der Waals surface area contributed by atoms with Gasteiger partial charge in [0, 0.05) is 24.9 Å². The van der Waals surface area contributed by atoms with Crippen molar-refractivity contribution in [3.05, 3.63) is 39.5 Å². The monoisotopic (exact) mass is 471 g/mol. The molecular weight excluding hydrogens is 451 g/mol. The molecule has 7 nitrogen and oxygen atoms in total. The lowest BCUT2D eigenvalue weighted by Crippen LogP contribution is -2.64. The van der Waals surface area contributed by atoms with Crippen molar-refractivity contribution in [3.63, 3.8) is 0 Å². The predicted molar refractivity (Wildman–Crippen MR) is 112 cm³/mol. The first-order valence-corrected chi connectivity index (χ1v) is 10.6. The summed E-state index contributed by atoms with van der Waals surface area (Å²) >= 11 is 12.1. The second kappa shape index (κ2) is 7.63. The topological polar surface area (TPSA) is 93.2 Å². The van der Waals surface area contributed by atoms with Crippen LogP contribution in [0.15, 0.2) is 18.2 Å². The van der Waals surface area contributed by atoms with Crippen LogP contribution in [-0.2, 0) is 13.1 Å². The summed E-state index contributed by atoms with van der Waals surface area (Å²) in [7, 11) is 0. The lowest BCUT2D eigenvalue weighted by atomic mass is 9.71. The van der Waals surface area contributed by atoms with E-state index >= 15 is 0 Å². The minimum absolute atomic E-state index is 0.0780. The number of nitrogens with one attached hydrogen (secondary N) is 1. The van der Waals surface area contributed by atoms with Gasteiger partial charge in [-0.1, -0.05) is 36.2 Å². The van der Waals surface area contributed by atoms with E-state index in [-0.39, 0.29) is 24.9 Å². The highest BCUT2D eigenvalue weighted by atomic mass is 35.5. The Balaban J connectivity index is 1.60. The molecule has 2 heterocycles. The highest BCUT2D eigenvalue weighted by Gasteiger charge is 2.56. The molecule has 1 aliphatic heterocycles. The average molecular weight is 472 g/mol. The van der Waals surface area contributed by atoms with Crippen molar-refractivity contribution < 1.29 is 18.4 Å². The van der Waals surface area contributed by atoms with E-state index in [1.807, 2.05) is 0 Å². The number of carbonyl (C=O) groups is 2. The number of primary amides is 1. The number of benzene rings is 1. The van der Waals surface area contributed by atoms with Crippen LogP contribution in [0, 0.1) is 0 Å². The van der Waals surface area contributed by atoms with Gasteiger partial charge in [-0.2, -0.15) is 5.10 Å². The van der Waals surface area contributed by atoms with E-state index in [0.29, 0.717) is 46.5 Å². The number of urea groups is 1. The van der Waals surface area contributed by atoms with E-state index in [4.69, 9.17) is 28.9 Å². The van der Waals surface area contributed by atoms with E-state index in [9.17, 15) is 18.4 Å². The third kappa shape index (κ3) is 3.96. The highest BCUT2D eigenvalue weighted by Crippen LogP contribution is 2.47. The van der Waals surface area contributed by atoms with E-state index in [0.717, 1.165) is 0 Å². The van der Waals surface area contributed by atoms with Crippen molar-refractivity contribution in [1.82, 2.24) is 20.0 Å². The van der Waals surface area contributed by atoms with E-state index < -0.39 is 23.4 Å². The van der Waals surface area contributed by atoms with Crippen LogP contribution in [0.25, 0.3) is 11.3 Å². The van der Waals surface area contributed by atoms with Gasteiger partial charge < -0.3 is 16.0 Å². The van der Waals surface area contributed by atoms with Crippen LogP contribution >= 0.6 is 23.2 Å². The number of amides is 3. The first kappa shape index (κ1) is 21.8. The molecule has 166 valence electrons. The first-order valence-electron chi connectivity index (χ1n) is 9.84. The van der Waals surface area contributed by atoms with Gasteiger partial charge in [0.2, 0.25) is 0 Å². The van der Waals surface area contributed by atoms with Crippen LogP contribution in [0.4, 0.5) is 13.6 Å². The smallest absolute Gasteiger partial charge is 0.318 e. The molecule has 1 aromatic carbocycles. The fourth-order valence-electron chi connectivity index (χ4n) is 4.27. The molecule has 0 unspecified atom stereocenters. The molecule has 1 aliphatic carbocycles. The summed E-state index contributed by atoms with van der Waals surface area (Å²) in [6.45, 7) is 2.50. The minimum Gasteiger partial charge on any atom is -0.365 e. The maximum absolute atomic E-state index is 13.4. The number of nitrogens with zero attached hydrogens (tertiary/aromatic N) is 3. The fourth-order valence-corrected chi connectivity index (χ4v) is 4.56. The number of hydrogen-bond donors (Lipinski definition) is 2. The van der Waals surface area contributed by atoms with Crippen molar-refractivity contribution in [2.24, 2.45) is 5.73 Å². The van der Waals surface area contributed by atoms with Crippen molar-refractivity contribution in [2.75, 3.05) is 6.54 Å². The standard InChI is InChI=1S/C20H21Cl2F2N5O2/c1-2-19(9-20(23,24)10-19)26-18(31)28-5-6-29-14(8-28)15(17(25)30)16(27-29)11-3-4-12(21)13(22)7-11/h3-4,7H,2,5-6,8-10H2,1H3,(H2,25,30)(H,26,31). The molecule has 1 saturated carbocycles. The number of hydrogen-bond acceptors (Lipinski definition) is 3. The third-order valence-corrected chi connectivity index (χ3v) is 6.69. The van der Waals surface area contributed by atoms with E-state index in [2.05, 4.69) is 10.4 Å². The van der Waals surface area contributed by atoms with Crippen molar-refractivity contribution in [1.29, 1.82) is 0 Å².